The van der Waals surface area contributed by atoms with Crippen LogP contribution in [0.1, 0.15) is 24.0 Å². The molecule has 1 N–H and O–H groups in total. The second kappa shape index (κ2) is 7.05. The van der Waals surface area contributed by atoms with Crippen molar-refractivity contribution >= 4 is 28.9 Å². The molecule has 4 heteroatoms. The lowest BCUT2D eigenvalue weighted by atomic mass is 10.1. The van der Waals surface area contributed by atoms with Crippen molar-refractivity contribution in [3.05, 3.63) is 58.6 Å². The Morgan fingerprint density at radius 1 is 1.17 bits per heavy atom. The summed E-state index contributed by atoms with van der Waals surface area (Å²) in [5.41, 5.74) is 4.05. The van der Waals surface area contributed by atoms with Crippen molar-refractivity contribution in [2.75, 3.05) is 23.3 Å². The second-order valence-corrected chi connectivity index (χ2v) is 6.44. The van der Waals surface area contributed by atoms with Crippen LogP contribution in [0.5, 0.6) is 0 Å². The first-order valence-electron chi connectivity index (χ1n) is 8.02. The molecule has 3 rings (SSSR count). The third-order valence-corrected chi connectivity index (χ3v) is 4.53. The summed E-state index contributed by atoms with van der Waals surface area (Å²) in [4.78, 5) is 14.7. The number of benzene rings is 2. The third kappa shape index (κ3) is 3.85. The van der Waals surface area contributed by atoms with Gasteiger partial charge in [0.1, 0.15) is 0 Å². The fraction of sp³-hybridized carbons (Fsp3) is 0.316. The van der Waals surface area contributed by atoms with Crippen LogP contribution in [0, 0.1) is 6.92 Å². The van der Waals surface area contributed by atoms with Crippen molar-refractivity contribution in [1.29, 1.82) is 0 Å². The van der Waals surface area contributed by atoms with Gasteiger partial charge in [-0.05, 0) is 49.1 Å². The lowest BCUT2D eigenvalue weighted by molar-refractivity contribution is -0.115. The van der Waals surface area contributed by atoms with Crippen LogP contribution in [0.3, 0.4) is 0 Å². The fourth-order valence-electron chi connectivity index (χ4n) is 3.02. The number of hydrogen-bond donors (Lipinski definition) is 1. The van der Waals surface area contributed by atoms with Crippen LogP contribution in [0.15, 0.2) is 42.5 Å². The smallest absolute Gasteiger partial charge is 0.228 e. The largest absolute Gasteiger partial charge is 0.370 e. The molecule has 1 fully saturated rings. The highest BCUT2D eigenvalue weighted by atomic mass is 35.5. The number of aryl methyl sites for hydroxylation is 1. The van der Waals surface area contributed by atoms with Crippen molar-refractivity contribution in [2.24, 2.45) is 0 Å². The van der Waals surface area contributed by atoms with Gasteiger partial charge < -0.3 is 10.2 Å². The minimum Gasteiger partial charge on any atom is -0.370 e. The molecule has 1 heterocycles. The number of carbonyl (C=O) groups excluding carboxylic acids is 1. The second-order valence-electron chi connectivity index (χ2n) is 6.01. The van der Waals surface area contributed by atoms with Gasteiger partial charge in [0.2, 0.25) is 5.91 Å². The van der Waals surface area contributed by atoms with Crippen LogP contribution in [0.25, 0.3) is 0 Å². The van der Waals surface area contributed by atoms with Gasteiger partial charge in [0.25, 0.3) is 0 Å². The van der Waals surface area contributed by atoms with E-state index in [1.807, 2.05) is 49.4 Å². The van der Waals surface area contributed by atoms with Gasteiger partial charge in [0.05, 0.1) is 17.8 Å². The molecular formula is C19H21ClN2O. The molecule has 0 aromatic heterocycles. The van der Waals surface area contributed by atoms with Gasteiger partial charge in [-0.15, -0.1) is 0 Å². The number of rotatable bonds is 4. The Hall–Kier alpha value is -2.00. The molecule has 0 bridgehead atoms. The molecule has 0 unspecified atom stereocenters. The Morgan fingerprint density at radius 3 is 2.65 bits per heavy atom. The Bertz CT molecular complexity index is 708. The molecule has 0 atom stereocenters. The number of anilines is 2. The van der Waals surface area contributed by atoms with Gasteiger partial charge in [-0.1, -0.05) is 35.9 Å². The first-order valence-corrected chi connectivity index (χ1v) is 8.40. The van der Waals surface area contributed by atoms with Crippen molar-refractivity contribution in [2.45, 2.75) is 26.2 Å². The maximum Gasteiger partial charge on any atom is 0.228 e. The van der Waals surface area contributed by atoms with E-state index in [1.165, 1.54) is 12.8 Å². The van der Waals surface area contributed by atoms with Crippen molar-refractivity contribution in [3.8, 4) is 0 Å². The summed E-state index contributed by atoms with van der Waals surface area (Å²) < 4.78 is 0. The first-order chi connectivity index (χ1) is 11.1. The normalized spacial score (nSPS) is 14.1. The quantitative estimate of drug-likeness (QED) is 0.900. The Balaban J connectivity index is 1.77. The fourth-order valence-corrected chi connectivity index (χ4v) is 3.19. The Morgan fingerprint density at radius 2 is 1.91 bits per heavy atom. The van der Waals surface area contributed by atoms with Crippen molar-refractivity contribution in [1.82, 2.24) is 0 Å². The van der Waals surface area contributed by atoms with Gasteiger partial charge in [-0.2, -0.15) is 0 Å². The van der Waals surface area contributed by atoms with E-state index >= 15 is 0 Å². The van der Waals surface area contributed by atoms with E-state index in [0.29, 0.717) is 11.4 Å². The zero-order valence-electron chi connectivity index (χ0n) is 13.3. The lowest BCUT2D eigenvalue weighted by Crippen LogP contribution is -2.22. The summed E-state index contributed by atoms with van der Waals surface area (Å²) in [6.45, 7) is 4.09. The summed E-state index contributed by atoms with van der Waals surface area (Å²) in [5.74, 6) is -0.0120. The van der Waals surface area contributed by atoms with E-state index < -0.39 is 0 Å². The number of nitrogens with one attached hydrogen (secondary N) is 1. The molecule has 2 aromatic carbocycles. The average Bonchev–Trinajstić information content (AvgIpc) is 3.04. The van der Waals surface area contributed by atoms with E-state index in [4.69, 9.17) is 11.6 Å². The molecule has 2 aromatic rings. The first kappa shape index (κ1) is 15.9. The number of amides is 1. The molecule has 0 radical (unpaired) electrons. The number of hydrogen-bond acceptors (Lipinski definition) is 2. The maximum atomic E-state index is 12.4. The molecule has 1 amide bonds. The predicted octanol–water partition coefficient (Wildman–Crippen LogP) is 4.43. The maximum absolute atomic E-state index is 12.4. The van der Waals surface area contributed by atoms with E-state index in [9.17, 15) is 4.79 Å². The summed E-state index contributed by atoms with van der Waals surface area (Å²) in [6, 6.07) is 13.7. The molecule has 0 aliphatic carbocycles. The number of nitrogens with zero attached hydrogens (tertiary/aromatic N) is 1. The van der Waals surface area contributed by atoms with E-state index in [1.54, 1.807) is 0 Å². The molecule has 1 aliphatic heterocycles. The molecule has 0 saturated carbocycles. The van der Waals surface area contributed by atoms with E-state index in [-0.39, 0.29) is 5.91 Å². The summed E-state index contributed by atoms with van der Waals surface area (Å²) in [7, 11) is 0. The highest BCUT2D eigenvalue weighted by Gasteiger charge is 2.17. The van der Waals surface area contributed by atoms with E-state index in [0.717, 1.165) is 35.6 Å². The van der Waals surface area contributed by atoms with Gasteiger partial charge in [0.15, 0.2) is 0 Å². The standard InChI is InChI=1S/C19H21ClN2O/c1-14-6-2-3-7-15(14)12-19(23)21-17-13-16(20)8-9-18(17)22-10-4-5-11-22/h2-3,6-9,13H,4-5,10-12H2,1H3,(H,21,23). The topological polar surface area (TPSA) is 32.3 Å². The van der Waals surface area contributed by atoms with Crippen LogP contribution in [0.4, 0.5) is 11.4 Å². The molecule has 120 valence electrons. The summed E-state index contributed by atoms with van der Waals surface area (Å²) in [6.07, 6.45) is 2.76. The molecule has 1 aliphatic rings. The SMILES string of the molecule is Cc1ccccc1CC(=O)Nc1cc(Cl)ccc1N1CCCC1. The third-order valence-electron chi connectivity index (χ3n) is 4.29. The van der Waals surface area contributed by atoms with Gasteiger partial charge in [0, 0.05) is 18.1 Å². The highest BCUT2D eigenvalue weighted by molar-refractivity contribution is 6.31. The Labute approximate surface area is 142 Å². The summed E-state index contributed by atoms with van der Waals surface area (Å²) >= 11 is 6.12. The van der Waals surface area contributed by atoms with Gasteiger partial charge in [-0.25, -0.2) is 0 Å². The zero-order chi connectivity index (χ0) is 16.2. The monoisotopic (exact) mass is 328 g/mol. The molecular weight excluding hydrogens is 308 g/mol. The summed E-state index contributed by atoms with van der Waals surface area (Å²) in [5, 5.41) is 3.68. The molecule has 3 nitrogen and oxygen atoms in total. The van der Waals surface area contributed by atoms with Crippen molar-refractivity contribution in [3.63, 3.8) is 0 Å². The lowest BCUT2D eigenvalue weighted by Gasteiger charge is -2.22. The van der Waals surface area contributed by atoms with Crippen LogP contribution in [-0.2, 0) is 11.2 Å². The molecule has 1 saturated heterocycles. The minimum atomic E-state index is -0.0120. The van der Waals surface area contributed by atoms with Gasteiger partial charge in [-0.3, -0.25) is 4.79 Å². The van der Waals surface area contributed by atoms with Crippen LogP contribution < -0.4 is 10.2 Å². The molecule has 23 heavy (non-hydrogen) atoms. The highest BCUT2D eigenvalue weighted by Crippen LogP contribution is 2.31. The van der Waals surface area contributed by atoms with E-state index in [2.05, 4.69) is 10.2 Å². The minimum absolute atomic E-state index is 0.0120. The molecule has 0 spiro atoms. The van der Waals surface area contributed by atoms with Gasteiger partial charge >= 0.3 is 0 Å². The van der Waals surface area contributed by atoms with Crippen molar-refractivity contribution < 1.29 is 4.79 Å². The number of carbonyl (C=O) groups is 1. The zero-order valence-corrected chi connectivity index (χ0v) is 14.1. The average molecular weight is 329 g/mol. The number of halogens is 1. The van der Waals surface area contributed by atoms with Crippen LogP contribution in [0.2, 0.25) is 5.02 Å². The van der Waals surface area contributed by atoms with Crippen LogP contribution in [-0.4, -0.2) is 19.0 Å². The Kier molecular flexibility index (Phi) is 4.87. The van der Waals surface area contributed by atoms with Crippen LogP contribution >= 0.6 is 11.6 Å². The predicted molar refractivity (Wildman–Crippen MR) is 96.4 cm³/mol.